The molecule has 2 aromatic carbocycles. The van der Waals surface area contributed by atoms with Crippen LogP contribution in [0.4, 0.5) is 4.39 Å². The van der Waals surface area contributed by atoms with E-state index in [0.717, 1.165) is 5.56 Å². The fourth-order valence-corrected chi connectivity index (χ4v) is 1.72. The van der Waals surface area contributed by atoms with Gasteiger partial charge in [-0.2, -0.15) is 0 Å². The van der Waals surface area contributed by atoms with Crippen LogP contribution in [0.3, 0.4) is 0 Å². The molecule has 0 saturated heterocycles. The fourth-order valence-electron chi connectivity index (χ4n) is 1.53. The zero-order valence-corrected chi connectivity index (χ0v) is 11.1. The van der Waals surface area contributed by atoms with Crippen LogP contribution in [-0.2, 0) is 0 Å². The van der Waals surface area contributed by atoms with Crippen molar-refractivity contribution in [2.75, 3.05) is 0 Å². The number of hydrogen-bond donors (Lipinski definition) is 0. The summed E-state index contributed by atoms with van der Waals surface area (Å²) in [7, 11) is 0. The lowest BCUT2D eigenvalue weighted by Crippen LogP contribution is -1.87. The zero-order valence-electron chi connectivity index (χ0n) is 10.3. The van der Waals surface area contributed by atoms with Crippen molar-refractivity contribution in [3.8, 4) is 11.1 Å². The maximum atomic E-state index is 13.8. The van der Waals surface area contributed by atoms with Crippen molar-refractivity contribution in [3.63, 3.8) is 0 Å². The molecule has 0 amide bonds. The van der Waals surface area contributed by atoms with E-state index >= 15 is 0 Å². The lowest BCUT2D eigenvalue weighted by atomic mass is 10.0. The monoisotopic (exact) mass is 250 g/mol. The molecule has 0 aliphatic rings. The largest absolute Gasteiger partial charge is 0.206 e. The van der Waals surface area contributed by atoms with E-state index in [4.69, 9.17) is 11.6 Å². The molecule has 0 heterocycles. The Labute approximate surface area is 107 Å². The van der Waals surface area contributed by atoms with Crippen LogP contribution in [0.15, 0.2) is 42.5 Å². The van der Waals surface area contributed by atoms with Gasteiger partial charge in [-0.1, -0.05) is 55.8 Å². The number of aryl methyl sites for hydroxylation is 1. The topological polar surface area (TPSA) is 0 Å². The highest BCUT2D eigenvalue weighted by molar-refractivity contribution is 6.30. The molecule has 0 radical (unpaired) electrons. The first-order valence-corrected chi connectivity index (χ1v) is 6.07. The normalized spacial score (nSPS) is 9.47. The van der Waals surface area contributed by atoms with Crippen molar-refractivity contribution in [2.24, 2.45) is 0 Å². The molecule has 0 nitrogen and oxygen atoms in total. The van der Waals surface area contributed by atoms with Crippen molar-refractivity contribution in [3.05, 3.63) is 58.9 Å². The summed E-state index contributed by atoms with van der Waals surface area (Å²) in [6.45, 7) is 5.75. The molecule has 0 bridgehead atoms. The summed E-state index contributed by atoms with van der Waals surface area (Å²) in [6.07, 6.45) is 0. The van der Waals surface area contributed by atoms with Gasteiger partial charge in [0.15, 0.2) is 0 Å². The molecule has 0 aliphatic heterocycles. The van der Waals surface area contributed by atoms with E-state index < -0.39 is 0 Å². The van der Waals surface area contributed by atoms with Crippen molar-refractivity contribution >= 4 is 11.6 Å². The smallest absolute Gasteiger partial charge is 0.133 e. The van der Waals surface area contributed by atoms with E-state index in [1.54, 1.807) is 31.2 Å². The summed E-state index contributed by atoms with van der Waals surface area (Å²) >= 11 is 5.86. The number of rotatable bonds is 1. The molecule has 0 spiro atoms. The second-order valence-corrected chi connectivity index (χ2v) is 3.88. The highest BCUT2D eigenvalue weighted by Crippen LogP contribution is 2.26. The molecule has 17 heavy (non-hydrogen) atoms. The first-order chi connectivity index (χ1) is 8.18. The Bertz CT molecular complexity index is 492. The lowest BCUT2D eigenvalue weighted by Gasteiger charge is -2.05. The van der Waals surface area contributed by atoms with E-state index in [2.05, 4.69) is 0 Å². The first-order valence-electron chi connectivity index (χ1n) is 5.69. The second kappa shape index (κ2) is 6.41. The molecular formula is C15H16ClF. The summed E-state index contributed by atoms with van der Waals surface area (Å²) in [5.74, 6) is -0.181. The summed E-state index contributed by atoms with van der Waals surface area (Å²) in [4.78, 5) is 0. The minimum Gasteiger partial charge on any atom is -0.206 e. The average Bonchev–Trinajstić information content (AvgIpc) is 2.35. The molecule has 0 unspecified atom stereocenters. The standard InChI is InChI=1S/C13H10ClF.C2H6/c1-9-4-2-7-12(13(9)15)10-5-3-6-11(14)8-10;1-2/h2-8H,1H3;1-2H3. The minimum atomic E-state index is -0.181. The predicted octanol–water partition coefficient (Wildman–Crippen LogP) is 5.48. The lowest BCUT2D eigenvalue weighted by molar-refractivity contribution is 0.622. The van der Waals surface area contributed by atoms with E-state index in [0.29, 0.717) is 16.1 Å². The Hall–Kier alpha value is -1.34. The van der Waals surface area contributed by atoms with E-state index in [1.807, 2.05) is 32.0 Å². The molecule has 0 fully saturated rings. The van der Waals surface area contributed by atoms with Crippen molar-refractivity contribution in [2.45, 2.75) is 20.8 Å². The van der Waals surface area contributed by atoms with E-state index in [1.165, 1.54) is 0 Å². The number of halogens is 2. The average molecular weight is 251 g/mol. The van der Waals surface area contributed by atoms with Gasteiger partial charge in [0.1, 0.15) is 5.82 Å². The molecule has 2 heteroatoms. The first kappa shape index (κ1) is 13.7. The summed E-state index contributed by atoms with van der Waals surface area (Å²) in [5.41, 5.74) is 2.05. The molecule has 0 N–H and O–H groups in total. The molecule has 0 atom stereocenters. The van der Waals surface area contributed by atoms with Crippen LogP contribution in [0.25, 0.3) is 11.1 Å². The molecule has 2 rings (SSSR count). The van der Waals surface area contributed by atoms with Crippen LogP contribution in [0, 0.1) is 12.7 Å². The van der Waals surface area contributed by atoms with Gasteiger partial charge in [0.2, 0.25) is 0 Å². The zero-order chi connectivity index (χ0) is 12.8. The van der Waals surface area contributed by atoms with Gasteiger partial charge in [-0.3, -0.25) is 0 Å². The Morgan fingerprint density at radius 1 is 1.00 bits per heavy atom. The quantitative estimate of drug-likeness (QED) is 0.629. The predicted molar refractivity (Wildman–Crippen MR) is 72.9 cm³/mol. The minimum absolute atomic E-state index is 0.181. The third-order valence-electron chi connectivity index (χ3n) is 2.33. The van der Waals surface area contributed by atoms with Gasteiger partial charge < -0.3 is 0 Å². The van der Waals surface area contributed by atoms with Crippen LogP contribution in [0.1, 0.15) is 19.4 Å². The maximum Gasteiger partial charge on any atom is 0.133 e. The Morgan fingerprint density at radius 2 is 1.65 bits per heavy atom. The maximum absolute atomic E-state index is 13.8. The summed E-state index contributed by atoms with van der Waals surface area (Å²) < 4.78 is 13.8. The molecular weight excluding hydrogens is 235 g/mol. The summed E-state index contributed by atoms with van der Waals surface area (Å²) in [5, 5.41) is 0.619. The molecule has 90 valence electrons. The SMILES string of the molecule is CC.Cc1cccc(-c2cccc(Cl)c2)c1F. The van der Waals surface area contributed by atoms with Gasteiger partial charge in [-0.15, -0.1) is 0 Å². The Kier molecular flexibility index (Phi) is 5.17. The van der Waals surface area contributed by atoms with Crippen molar-refractivity contribution in [1.82, 2.24) is 0 Å². The highest BCUT2D eigenvalue weighted by Gasteiger charge is 2.06. The third-order valence-corrected chi connectivity index (χ3v) is 2.56. The number of hydrogen-bond acceptors (Lipinski definition) is 0. The van der Waals surface area contributed by atoms with Crippen LogP contribution in [-0.4, -0.2) is 0 Å². The highest BCUT2D eigenvalue weighted by atomic mass is 35.5. The van der Waals surface area contributed by atoms with Gasteiger partial charge in [0.05, 0.1) is 0 Å². The molecule has 0 saturated carbocycles. The Balaban J connectivity index is 0.000000686. The van der Waals surface area contributed by atoms with Crippen LogP contribution < -0.4 is 0 Å². The fraction of sp³-hybridized carbons (Fsp3) is 0.200. The van der Waals surface area contributed by atoms with Crippen LogP contribution >= 0.6 is 11.6 Å². The Morgan fingerprint density at radius 3 is 2.29 bits per heavy atom. The number of benzene rings is 2. The molecule has 0 aromatic heterocycles. The van der Waals surface area contributed by atoms with E-state index in [-0.39, 0.29) is 5.82 Å². The summed E-state index contributed by atoms with van der Waals surface area (Å²) in [6, 6.07) is 12.6. The van der Waals surface area contributed by atoms with Gasteiger partial charge >= 0.3 is 0 Å². The van der Waals surface area contributed by atoms with Gasteiger partial charge in [-0.25, -0.2) is 4.39 Å². The van der Waals surface area contributed by atoms with Gasteiger partial charge in [0, 0.05) is 10.6 Å². The van der Waals surface area contributed by atoms with Crippen LogP contribution in [0.2, 0.25) is 5.02 Å². The van der Waals surface area contributed by atoms with Gasteiger partial charge in [-0.05, 0) is 30.2 Å². The van der Waals surface area contributed by atoms with E-state index in [9.17, 15) is 4.39 Å². The van der Waals surface area contributed by atoms with Gasteiger partial charge in [0.25, 0.3) is 0 Å². The molecule has 2 aromatic rings. The van der Waals surface area contributed by atoms with Crippen molar-refractivity contribution < 1.29 is 4.39 Å². The molecule has 0 aliphatic carbocycles. The van der Waals surface area contributed by atoms with Crippen LogP contribution in [0.5, 0.6) is 0 Å². The third kappa shape index (κ3) is 3.31. The van der Waals surface area contributed by atoms with Crippen molar-refractivity contribution in [1.29, 1.82) is 0 Å². The second-order valence-electron chi connectivity index (χ2n) is 3.45.